The first-order valence-electron chi connectivity index (χ1n) is 5.60. The van der Waals surface area contributed by atoms with E-state index in [1.807, 2.05) is 12.1 Å². The molecule has 0 heterocycles. The fourth-order valence-electron chi connectivity index (χ4n) is 1.67. The van der Waals surface area contributed by atoms with E-state index in [4.69, 9.17) is 16.3 Å². The molecule has 1 aromatic rings. The van der Waals surface area contributed by atoms with Crippen LogP contribution in [0.2, 0.25) is 5.02 Å². The lowest BCUT2D eigenvalue weighted by Crippen LogP contribution is -2.33. The second-order valence-electron chi connectivity index (χ2n) is 4.10. The van der Waals surface area contributed by atoms with Crippen molar-refractivity contribution in [1.82, 2.24) is 0 Å². The number of carbonyl (C=O) groups excluding carboxylic acids is 1. The lowest BCUT2D eigenvalue weighted by Gasteiger charge is -2.29. The number of hydrogen-bond donors (Lipinski definition) is 0. The molecule has 0 aliphatic heterocycles. The maximum atomic E-state index is 10.7. The zero-order valence-electron chi connectivity index (χ0n) is 10.4. The molecule has 1 aromatic carbocycles. The van der Waals surface area contributed by atoms with Gasteiger partial charge in [-0.3, -0.25) is 4.79 Å². The Morgan fingerprint density at radius 3 is 2.65 bits per heavy atom. The molecule has 4 heteroatoms. The molecule has 94 valence electrons. The zero-order valence-corrected chi connectivity index (χ0v) is 11.2. The summed E-state index contributed by atoms with van der Waals surface area (Å²) < 4.78 is 5.09. The molecule has 0 unspecified atom stereocenters. The van der Waals surface area contributed by atoms with Gasteiger partial charge in [-0.1, -0.05) is 11.6 Å². The Balaban J connectivity index is 2.94. The molecular formula is C13H18ClNO2. The fraction of sp³-hybridized carbons (Fsp3) is 0.462. The summed E-state index contributed by atoms with van der Waals surface area (Å²) in [5, 5.41) is 0.487. The number of anilines is 1. The highest BCUT2D eigenvalue weighted by Gasteiger charge is 2.11. The number of benzene rings is 1. The highest BCUT2D eigenvalue weighted by atomic mass is 35.5. The SMILES string of the molecule is COCCN(c1ccc(C=O)c(Cl)c1)C(C)C. The van der Waals surface area contributed by atoms with Crippen LogP contribution in [0.3, 0.4) is 0 Å². The van der Waals surface area contributed by atoms with Gasteiger partial charge in [-0.05, 0) is 32.0 Å². The van der Waals surface area contributed by atoms with E-state index >= 15 is 0 Å². The predicted octanol–water partition coefficient (Wildman–Crippen LogP) is 3.01. The molecule has 0 atom stereocenters. The molecule has 0 N–H and O–H groups in total. The molecule has 0 saturated carbocycles. The normalized spacial score (nSPS) is 10.6. The Labute approximate surface area is 107 Å². The van der Waals surface area contributed by atoms with Gasteiger partial charge in [-0.25, -0.2) is 0 Å². The minimum Gasteiger partial charge on any atom is -0.383 e. The summed E-state index contributed by atoms with van der Waals surface area (Å²) in [6.07, 6.45) is 0.765. The molecule has 0 aromatic heterocycles. The standard InChI is InChI=1S/C13H18ClNO2/c1-10(2)15(6-7-17-3)12-5-4-11(9-16)13(14)8-12/h4-5,8-10H,6-7H2,1-3H3. The average molecular weight is 256 g/mol. The Morgan fingerprint density at radius 2 is 2.18 bits per heavy atom. The van der Waals surface area contributed by atoms with Crippen LogP contribution in [0, 0.1) is 0 Å². The molecule has 0 bridgehead atoms. The number of methoxy groups -OCH3 is 1. The van der Waals surface area contributed by atoms with Gasteiger partial charge in [-0.15, -0.1) is 0 Å². The monoisotopic (exact) mass is 255 g/mol. The Morgan fingerprint density at radius 1 is 1.47 bits per heavy atom. The molecule has 0 aliphatic carbocycles. The molecule has 0 saturated heterocycles. The summed E-state index contributed by atoms with van der Waals surface area (Å²) in [5.74, 6) is 0. The van der Waals surface area contributed by atoms with Crippen molar-refractivity contribution in [1.29, 1.82) is 0 Å². The first kappa shape index (κ1) is 14.0. The van der Waals surface area contributed by atoms with E-state index in [2.05, 4.69) is 18.7 Å². The lowest BCUT2D eigenvalue weighted by molar-refractivity contribution is 0.112. The molecule has 0 aliphatic rings. The first-order valence-corrected chi connectivity index (χ1v) is 5.98. The number of hydrogen-bond acceptors (Lipinski definition) is 3. The van der Waals surface area contributed by atoms with Crippen molar-refractivity contribution in [2.75, 3.05) is 25.2 Å². The smallest absolute Gasteiger partial charge is 0.151 e. The Bertz CT molecular complexity index is 380. The predicted molar refractivity (Wildman–Crippen MR) is 71.2 cm³/mol. The summed E-state index contributed by atoms with van der Waals surface area (Å²) >= 11 is 6.02. The quantitative estimate of drug-likeness (QED) is 0.732. The van der Waals surface area contributed by atoms with Gasteiger partial charge in [0.2, 0.25) is 0 Å². The number of nitrogens with zero attached hydrogens (tertiary/aromatic N) is 1. The van der Waals surface area contributed by atoms with Crippen LogP contribution in [0.1, 0.15) is 24.2 Å². The topological polar surface area (TPSA) is 29.5 Å². The van der Waals surface area contributed by atoms with Crippen LogP contribution in [-0.4, -0.2) is 32.6 Å². The molecular weight excluding hydrogens is 238 g/mol. The second kappa shape index (κ2) is 6.62. The minimum atomic E-state index is 0.350. The summed E-state index contributed by atoms with van der Waals surface area (Å²) in [5.41, 5.74) is 1.53. The molecule has 0 radical (unpaired) electrons. The molecule has 0 fully saturated rings. The number of halogens is 1. The van der Waals surface area contributed by atoms with Crippen LogP contribution in [-0.2, 0) is 4.74 Å². The van der Waals surface area contributed by atoms with Crippen molar-refractivity contribution in [2.45, 2.75) is 19.9 Å². The zero-order chi connectivity index (χ0) is 12.8. The largest absolute Gasteiger partial charge is 0.383 e. The number of aldehydes is 1. The molecule has 3 nitrogen and oxygen atoms in total. The maximum Gasteiger partial charge on any atom is 0.151 e. The van der Waals surface area contributed by atoms with Crippen molar-refractivity contribution in [3.05, 3.63) is 28.8 Å². The van der Waals surface area contributed by atoms with Crippen LogP contribution >= 0.6 is 11.6 Å². The lowest BCUT2D eigenvalue weighted by atomic mass is 10.2. The number of carbonyl (C=O) groups is 1. The van der Waals surface area contributed by atoms with E-state index in [1.54, 1.807) is 13.2 Å². The van der Waals surface area contributed by atoms with Gasteiger partial charge in [0.15, 0.2) is 6.29 Å². The van der Waals surface area contributed by atoms with Gasteiger partial charge in [0.1, 0.15) is 0 Å². The molecule has 17 heavy (non-hydrogen) atoms. The van der Waals surface area contributed by atoms with Gasteiger partial charge in [0.05, 0.1) is 11.6 Å². The second-order valence-corrected chi connectivity index (χ2v) is 4.51. The third-order valence-electron chi connectivity index (χ3n) is 2.60. The number of ether oxygens (including phenoxy) is 1. The Kier molecular flexibility index (Phi) is 5.45. The Hall–Kier alpha value is -1.06. The molecule has 0 spiro atoms. The van der Waals surface area contributed by atoms with Gasteiger partial charge >= 0.3 is 0 Å². The van der Waals surface area contributed by atoms with Gasteiger partial charge < -0.3 is 9.64 Å². The van der Waals surface area contributed by atoms with Crippen LogP contribution in [0.4, 0.5) is 5.69 Å². The summed E-state index contributed by atoms with van der Waals surface area (Å²) in [7, 11) is 1.68. The van der Waals surface area contributed by atoms with E-state index in [-0.39, 0.29) is 0 Å². The van der Waals surface area contributed by atoms with E-state index < -0.39 is 0 Å². The third-order valence-corrected chi connectivity index (χ3v) is 2.93. The van der Waals surface area contributed by atoms with E-state index in [0.29, 0.717) is 23.2 Å². The van der Waals surface area contributed by atoms with Crippen LogP contribution in [0.15, 0.2) is 18.2 Å². The highest BCUT2D eigenvalue weighted by molar-refractivity contribution is 6.33. The maximum absolute atomic E-state index is 10.7. The van der Waals surface area contributed by atoms with E-state index in [0.717, 1.165) is 18.5 Å². The molecule has 1 rings (SSSR count). The van der Waals surface area contributed by atoms with E-state index in [1.165, 1.54) is 0 Å². The third kappa shape index (κ3) is 3.72. The highest BCUT2D eigenvalue weighted by Crippen LogP contribution is 2.24. The van der Waals surface area contributed by atoms with Crippen LogP contribution in [0.25, 0.3) is 0 Å². The van der Waals surface area contributed by atoms with Gasteiger partial charge in [-0.2, -0.15) is 0 Å². The van der Waals surface area contributed by atoms with Crippen LogP contribution in [0.5, 0.6) is 0 Å². The fourth-order valence-corrected chi connectivity index (χ4v) is 1.88. The van der Waals surface area contributed by atoms with Crippen molar-refractivity contribution in [2.24, 2.45) is 0 Å². The first-order chi connectivity index (χ1) is 8.10. The van der Waals surface area contributed by atoms with Crippen molar-refractivity contribution in [3.63, 3.8) is 0 Å². The van der Waals surface area contributed by atoms with Gasteiger partial charge in [0.25, 0.3) is 0 Å². The summed E-state index contributed by atoms with van der Waals surface area (Å²) in [6, 6.07) is 5.82. The van der Waals surface area contributed by atoms with Crippen LogP contribution < -0.4 is 4.90 Å². The summed E-state index contributed by atoms with van der Waals surface area (Å²) in [4.78, 5) is 12.9. The van der Waals surface area contributed by atoms with E-state index in [9.17, 15) is 4.79 Å². The van der Waals surface area contributed by atoms with Gasteiger partial charge in [0, 0.05) is 30.9 Å². The van der Waals surface area contributed by atoms with Crippen molar-refractivity contribution < 1.29 is 9.53 Å². The molecule has 0 amide bonds. The summed E-state index contributed by atoms with van der Waals surface area (Å²) in [6.45, 7) is 5.67. The van der Waals surface area contributed by atoms with Crippen molar-refractivity contribution in [3.8, 4) is 0 Å². The number of rotatable bonds is 6. The average Bonchev–Trinajstić information content (AvgIpc) is 2.29. The van der Waals surface area contributed by atoms with Crippen molar-refractivity contribution >= 4 is 23.6 Å². The minimum absolute atomic E-state index is 0.350.